The van der Waals surface area contributed by atoms with E-state index in [1.165, 1.54) is 0 Å². The third kappa shape index (κ3) is 3.84. The molecule has 7 nitrogen and oxygen atoms in total. The highest BCUT2D eigenvalue weighted by Gasteiger charge is 2.16. The first-order valence-electron chi connectivity index (χ1n) is 6.88. The predicted molar refractivity (Wildman–Crippen MR) is 77.7 cm³/mol. The normalized spacial score (nSPS) is 12.2. The fraction of sp³-hybridized carbons (Fsp3) is 0.500. The van der Waals surface area contributed by atoms with Crippen LogP contribution in [0.2, 0.25) is 0 Å². The minimum Gasteiger partial charge on any atom is -0.361 e. The summed E-state index contributed by atoms with van der Waals surface area (Å²) in [5.74, 6) is 0.747. The van der Waals surface area contributed by atoms with Crippen LogP contribution in [0.5, 0.6) is 0 Å². The number of aryl methyl sites for hydroxylation is 2. The summed E-state index contributed by atoms with van der Waals surface area (Å²) >= 11 is 0. The number of carbonyl (C=O) groups excluding carboxylic acids is 1. The van der Waals surface area contributed by atoms with Crippen LogP contribution in [0.3, 0.4) is 0 Å². The molecule has 2 aromatic heterocycles. The molecule has 2 aromatic rings. The van der Waals surface area contributed by atoms with Gasteiger partial charge in [0, 0.05) is 31.0 Å². The minimum atomic E-state index is -0.130. The molecule has 0 saturated carbocycles. The molecule has 21 heavy (non-hydrogen) atoms. The van der Waals surface area contributed by atoms with Crippen LogP contribution in [0.1, 0.15) is 23.9 Å². The average Bonchev–Trinajstić information content (AvgIpc) is 3.03. The second-order valence-electron chi connectivity index (χ2n) is 5.24. The molecule has 0 saturated heterocycles. The van der Waals surface area contributed by atoms with Crippen LogP contribution in [0.4, 0.5) is 4.79 Å². The van der Waals surface area contributed by atoms with Gasteiger partial charge in [-0.1, -0.05) is 5.16 Å². The molecule has 0 fully saturated rings. The van der Waals surface area contributed by atoms with Gasteiger partial charge in [-0.3, -0.25) is 4.68 Å². The molecule has 7 heteroatoms. The maximum Gasteiger partial charge on any atom is 0.317 e. The summed E-state index contributed by atoms with van der Waals surface area (Å²) in [5, 5.41) is 11.0. The van der Waals surface area contributed by atoms with Crippen LogP contribution in [-0.4, -0.2) is 39.0 Å². The maximum absolute atomic E-state index is 12.2. The first kappa shape index (κ1) is 15.1. The summed E-state index contributed by atoms with van der Waals surface area (Å²) in [7, 11) is 1.75. The van der Waals surface area contributed by atoms with E-state index in [2.05, 4.69) is 15.6 Å². The van der Waals surface area contributed by atoms with Crippen LogP contribution in [-0.2, 0) is 13.1 Å². The molecule has 2 heterocycles. The van der Waals surface area contributed by atoms with Crippen LogP contribution in [0.15, 0.2) is 23.0 Å². The number of hydrogen-bond donors (Lipinski definition) is 1. The van der Waals surface area contributed by atoms with Crippen molar-refractivity contribution < 1.29 is 9.32 Å². The summed E-state index contributed by atoms with van der Waals surface area (Å²) in [4.78, 5) is 13.8. The lowest BCUT2D eigenvalue weighted by Gasteiger charge is -2.21. The van der Waals surface area contributed by atoms with E-state index in [4.69, 9.17) is 4.52 Å². The van der Waals surface area contributed by atoms with Crippen LogP contribution < -0.4 is 5.32 Å². The van der Waals surface area contributed by atoms with Gasteiger partial charge in [0.2, 0.25) is 0 Å². The lowest BCUT2D eigenvalue weighted by atomic mass is 10.2. The molecular formula is C14H21N5O2. The lowest BCUT2D eigenvalue weighted by molar-refractivity contribution is 0.201. The monoisotopic (exact) mass is 291 g/mol. The van der Waals surface area contributed by atoms with Crippen molar-refractivity contribution in [2.75, 3.05) is 7.05 Å². The molecule has 0 aliphatic rings. The number of nitrogens with one attached hydrogen (secondary N) is 1. The van der Waals surface area contributed by atoms with Gasteiger partial charge in [-0.05, 0) is 26.8 Å². The minimum absolute atomic E-state index is 0.00970. The van der Waals surface area contributed by atoms with Crippen LogP contribution in [0.25, 0.3) is 0 Å². The predicted octanol–water partition coefficient (Wildman–Crippen LogP) is 1.72. The Morgan fingerprint density at radius 1 is 1.52 bits per heavy atom. The summed E-state index contributed by atoms with van der Waals surface area (Å²) in [5.41, 5.74) is 1.77. The van der Waals surface area contributed by atoms with Crippen LogP contribution >= 0.6 is 0 Å². The SMILES string of the molecule is Cc1noc(C)c1CN(C)C(=O)N[C@@H](C)Cn1cccn1. The second kappa shape index (κ2) is 6.43. The molecule has 0 unspecified atom stereocenters. The highest BCUT2D eigenvalue weighted by Crippen LogP contribution is 2.14. The molecule has 1 N–H and O–H groups in total. The second-order valence-corrected chi connectivity index (χ2v) is 5.24. The number of aromatic nitrogens is 3. The van der Waals surface area contributed by atoms with E-state index < -0.39 is 0 Å². The maximum atomic E-state index is 12.2. The number of hydrogen-bond acceptors (Lipinski definition) is 4. The van der Waals surface area contributed by atoms with Crippen molar-refractivity contribution in [2.45, 2.75) is 39.9 Å². The van der Waals surface area contributed by atoms with Gasteiger partial charge < -0.3 is 14.7 Å². The standard InChI is InChI=1S/C14H21N5O2/c1-10(8-19-7-5-6-15-19)16-14(20)18(4)9-13-11(2)17-21-12(13)3/h5-7,10H,8-9H2,1-4H3,(H,16,20)/t10-/m0/s1. The lowest BCUT2D eigenvalue weighted by Crippen LogP contribution is -2.43. The summed E-state index contributed by atoms with van der Waals surface area (Å²) in [6, 6.07) is 1.72. The van der Waals surface area contributed by atoms with Gasteiger partial charge in [0.15, 0.2) is 0 Å². The zero-order valence-corrected chi connectivity index (χ0v) is 12.8. The highest BCUT2D eigenvalue weighted by molar-refractivity contribution is 5.74. The largest absolute Gasteiger partial charge is 0.361 e. The van der Waals surface area contributed by atoms with Crippen molar-refractivity contribution in [1.82, 2.24) is 25.2 Å². The molecule has 0 aliphatic heterocycles. The fourth-order valence-corrected chi connectivity index (χ4v) is 2.09. The molecule has 1 atom stereocenters. The molecule has 0 bridgehead atoms. The third-order valence-corrected chi connectivity index (χ3v) is 3.31. The van der Waals surface area contributed by atoms with Gasteiger partial charge >= 0.3 is 6.03 Å². The Hall–Kier alpha value is -2.31. The Labute approximate surface area is 123 Å². The molecule has 0 aliphatic carbocycles. The van der Waals surface area contributed by atoms with Crippen molar-refractivity contribution in [1.29, 1.82) is 0 Å². The van der Waals surface area contributed by atoms with Crippen LogP contribution in [0, 0.1) is 13.8 Å². The first-order chi connectivity index (χ1) is 9.97. The number of nitrogens with zero attached hydrogens (tertiary/aromatic N) is 4. The molecular weight excluding hydrogens is 270 g/mol. The van der Waals surface area contributed by atoms with E-state index >= 15 is 0 Å². The van der Waals surface area contributed by atoms with Crippen molar-refractivity contribution in [3.8, 4) is 0 Å². The average molecular weight is 291 g/mol. The fourth-order valence-electron chi connectivity index (χ4n) is 2.09. The van der Waals surface area contributed by atoms with E-state index in [9.17, 15) is 4.79 Å². The Morgan fingerprint density at radius 3 is 2.86 bits per heavy atom. The quantitative estimate of drug-likeness (QED) is 0.910. The van der Waals surface area contributed by atoms with E-state index in [0.717, 1.165) is 17.0 Å². The van der Waals surface area contributed by atoms with Gasteiger partial charge in [-0.15, -0.1) is 0 Å². The zero-order valence-electron chi connectivity index (χ0n) is 12.8. The molecule has 2 rings (SSSR count). The van der Waals surface area contributed by atoms with Crippen molar-refractivity contribution in [3.63, 3.8) is 0 Å². The molecule has 0 spiro atoms. The van der Waals surface area contributed by atoms with Gasteiger partial charge in [0.1, 0.15) is 5.76 Å². The van der Waals surface area contributed by atoms with Gasteiger partial charge in [0.25, 0.3) is 0 Å². The number of rotatable bonds is 5. The van der Waals surface area contributed by atoms with Gasteiger partial charge in [0.05, 0.1) is 18.8 Å². The Kier molecular flexibility index (Phi) is 4.62. The highest BCUT2D eigenvalue weighted by atomic mass is 16.5. The number of carbonyl (C=O) groups is 1. The van der Waals surface area contributed by atoms with Crippen molar-refractivity contribution in [3.05, 3.63) is 35.5 Å². The molecule has 0 radical (unpaired) electrons. The van der Waals surface area contributed by atoms with E-state index in [-0.39, 0.29) is 12.1 Å². The topological polar surface area (TPSA) is 76.2 Å². The van der Waals surface area contributed by atoms with Gasteiger partial charge in [-0.2, -0.15) is 5.10 Å². The van der Waals surface area contributed by atoms with E-state index in [0.29, 0.717) is 13.1 Å². The molecule has 2 amide bonds. The Balaban J connectivity index is 1.87. The summed E-state index contributed by atoms with van der Waals surface area (Å²) in [6.45, 7) is 6.78. The molecule has 0 aromatic carbocycles. The van der Waals surface area contributed by atoms with Gasteiger partial charge in [-0.25, -0.2) is 4.79 Å². The smallest absolute Gasteiger partial charge is 0.317 e. The van der Waals surface area contributed by atoms with E-state index in [1.54, 1.807) is 22.8 Å². The number of amides is 2. The Morgan fingerprint density at radius 2 is 2.29 bits per heavy atom. The first-order valence-corrected chi connectivity index (χ1v) is 6.88. The molecule has 114 valence electrons. The summed E-state index contributed by atoms with van der Waals surface area (Å²) in [6.07, 6.45) is 3.59. The van der Waals surface area contributed by atoms with Crippen molar-refractivity contribution in [2.24, 2.45) is 0 Å². The van der Waals surface area contributed by atoms with E-state index in [1.807, 2.05) is 33.0 Å². The third-order valence-electron chi connectivity index (χ3n) is 3.31. The number of urea groups is 1. The summed E-state index contributed by atoms with van der Waals surface area (Å²) < 4.78 is 6.90. The zero-order chi connectivity index (χ0) is 15.4. The Bertz CT molecular complexity index is 571. The van der Waals surface area contributed by atoms with Crippen molar-refractivity contribution >= 4 is 6.03 Å².